The second-order valence-electron chi connectivity index (χ2n) is 4.63. The highest BCUT2D eigenvalue weighted by Gasteiger charge is 2.21. The summed E-state index contributed by atoms with van der Waals surface area (Å²) >= 11 is 1.69. The van der Waals surface area contributed by atoms with Crippen molar-refractivity contribution in [2.24, 2.45) is 5.92 Å². The average Bonchev–Trinajstić information content (AvgIpc) is 2.77. The lowest BCUT2D eigenvalue weighted by atomic mass is 9.99. The van der Waals surface area contributed by atoms with Crippen molar-refractivity contribution in [2.75, 3.05) is 13.1 Å². The number of carbonyl (C=O) groups excluding carboxylic acids is 1. The molecule has 2 heterocycles. The van der Waals surface area contributed by atoms with E-state index in [1.165, 1.54) is 4.88 Å². The van der Waals surface area contributed by atoms with Crippen LogP contribution in [0.1, 0.15) is 41.9 Å². The van der Waals surface area contributed by atoms with Crippen molar-refractivity contribution in [3.05, 3.63) is 21.9 Å². The quantitative estimate of drug-likeness (QED) is 0.773. The Morgan fingerprint density at radius 1 is 1.50 bits per heavy atom. The van der Waals surface area contributed by atoms with Gasteiger partial charge in [0.25, 0.3) is 5.91 Å². The van der Waals surface area contributed by atoms with Gasteiger partial charge in [0.1, 0.15) is 0 Å². The van der Waals surface area contributed by atoms with Gasteiger partial charge in [-0.1, -0.05) is 13.8 Å². The van der Waals surface area contributed by atoms with Crippen molar-refractivity contribution in [3.63, 3.8) is 0 Å². The van der Waals surface area contributed by atoms with Gasteiger partial charge in [0.15, 0.2) is 0 Å². The molecule has 1 fully saturated rings. The third kappa shape index (κ3) is 2.46. The Hall–Kier alpha value is -0.830. The van der Waals surface area contributed by atoms with Gasteiger partial charge in [-0.05, 0) is 31.2 Å². The third-order valence-corrected chi connectivity index (χ3v) is 4.40. The van der Waals surface area contributed by atoms with Crippen molar-refractivity contribution in [3.8, 4) is 0 Å². The minimum atomic E-state index is 0.225. The number of nitrogens with zero attached hydrogens (tertiary/aromatic N) is 1. The Kier molecular flexibility index (Phi) is 3.64. The third-order valence-electron chi connectivity index (χ3n) is 3.32. The molecule has 0 unspecified atom stereocenters. The fraction of sp³-hybridized carbons (Fsp3) is 0.615. The summed E-state index contributed by atoms with van der Waals surface area (Å²) in [5.41, 5.74) is 0.886. The van der Waals surface area contributed by atoms with Crippen molar-refractivity contribution in [2.45, 2.75) is 33.1 Å². The number of hydrogen-bond acceptors (Lipinski definition) is 2. The van der Waals surface area contributed by atoms with E-state index >= 15 is 0 Å². The topological polar surface area (TPSA) is 20.3 Å². The van der Waals surface area contributed by atoms with Crippen molar-refractivity contribution >= 4 is 17.2 Å². The fourth-order valence-electron chi connectivity index (χ4n) is 2.07. The smallest absolute Gasteiger partial charge is 0.254 e. The van der Waals surface area contributed by atoms with Crippen LogP contribution < -0.4 is 0 Å². The monoisotopic (exact) mass is 237 g/mol. The first-order valence-corrected chi connectivity index (χ1v) is 6.95. The molecular weight excluding hydrogens is 218 g/mol. The zero-order valence-electron chi connectivity index (χ0n) is 10.0. The fourth-order valence-corrected chi connectivity index (χ4v) is 2.88. The van der Waals surface area contributed by atoms with Crippen molar-refractivity contribution < 1.29 is 4.79 Å². The molecule has 1 aliphatic heterocycles. The molecule has 0 N–H and O–H groups in total. The first-order valence-electron chi connectivity index (χ1n) is 6.07. The maximum atomic E-state index is 12.2. The number of hydrogen-bond donors (Lipinski definition) is 0. The molecule has 0 bridgehead atoms. The molecule has 1 saturated heterocycles. The zero-order valence-corrected chi connectivity index (χ0v) is 10.8. The van der Waals surface area contributed by atoms with Crippen LogP contribution in [-0.2, 0) is 6.42 Å². The second-order valence-corrected chi connectivity index (χ2v) is 5.63. The molecule has 1 aromatic heterocycles. The van der Waals surface area contributed by atoms with Crippen molar-refractivity contribution in [1.82, 2.24) is 4.90 Å². The molecule has 0 saturated carbocycles. The highest BCUT2D eigenvalue weighted by Crippen LogP contribution is 2.21. The minimum Gasteiger partial charge on any atom is -0.339 e. The molecule has 3 heteroatoms. The van der Waals surface area contributed by atoms with Crippen LogP contribution in [0.5, 0.6) is 0 Å². The number of piperidine rings is 1. The van der Waals surface area contributed by atoms with E-state index in [2.05, 4.69) is 13.8 Å². The Morgan fingerprint density at radius 2 is 2.19 bits per heavy atom. The summed E-state index contributed by atoms with van der Waals surface area (Å²) in [7, 11) is 0. The molecule has 1 aromatic rings. The van der Waals surface area contributed by atoms with Crippen LogP contribution in [-0.4, -0.2) is 23.9 Å². The SMILES string of the molecule is CCc1cc(C(=O)N2CCC(C)CC2)cs1. The molecule has 0 atom stereocenters. The highest BCUT2D eigenvalue weighted by molar-refractivity contribution is 7.10. The largest absolute Gasteiger partial charge is 0.339 e. The van der Waals surface area contributed by atoms with Gasteiger partial charge in [-0.2, -0.15) is 0 Å². The molecule has 2 rings (SSSR count). The van der Waals surface area contributed by atoms with E-state index in [1.807, 2.05) is 16.3 Å². The van der Waals surface area contributed by atoms with Crippen LogP contribution in [0.4, 0.5) is 0 Å². The van der Waals surface area contributed by atoms with Gasteiger partial charge in [-0.25, -0.2) is 0 Å². The molecular formula is C13H19NOS. The summed E-state index contributed by atoms with van der Waals surface area (Å²) in [6.07, 6.45) is 3.32. The molecule has 0 aromatic carbocycles. The van der Waals surface area contributed by atoms with Gasteiger partial charge in [0.05, 0.1) is 5.56 Å². The molecule has 1 aliphatic rings. The van der Waals surface area contributed by atoms with E-state index in [9.17, 15) is 4.79 Å². The summed E-state index contributed by atoms with van der Waals surface area (Å²) in [4.78, 5) is 15.5. The Bertz CT molecular complexity index is 364. The van der Waals surface area contributed by atoms with E-state index < -0.39 is 0 Å². The van der Waals surface area contributed by atoms with E-state index in [0.29, 0.717) is 0 Å². The van der Waals surface area contributed by atoms with Gasteiger partial charge in [0, 0.05) is 23.3 Å². The second kappa shape index (κ2) is 5.00. The van der Waals surface area contributed by atoms with Crippen LogP contribution in [0.2, 0.25) is 0 Å². The number of carbonyl (C=O) groups is 1. The van der Waals surface area contributed by atoms with E-state index in [1.54, 1.807) is 11.3 Å². The first-order chi connectivity index (χ1) is 7.70. The molecule has 0 aliphatic carbocycles. The standard InChI is InChI=1S/C13H19NOS/c1-3-12-8-11(9-16-12)13(15)14-6-4-10(2)5-7-14/h8-10H,3-7H2,1-2H3. The number of thiophene rings is 1. The van der Waals surface area contributed by atoms with Crippen molar-refractivity contribution in [1.29, 1.82) is 0 Å². The Morgan fingerprint density at radius 3 is 2.75 bits per heavy atom. The van der Waals surface area contributed by atoms with Gasteiger partial charge in [-0.15, -0.1) is 11.3 Å². The predicted octanol–water partition coefficient (Wildman–Crippen LogP) is 3.18. The van der Waals surface area contributed by atoms with Crippen LogP contribution in [0.3, 0.4) is 0 Å². The normalized spacial score (nSPS) is 17.8. The molecule has 16 heavy (non-hydrogen) atoms. The Balaban J connectivity index is 2.01. The lowest BCUT2D eigenvalue weighted by Gasteiger charge is -2.30. The van der Waals surface area contributed by atoms with Crippen LogP contribution in [0.15, 0.2) is 11.4 Å². The van der Waals surface area contributed by atoms with Gasteiger partial charge >= 0.3 is 0 Å². The summed E-state index contributed by atoms with van der Waals surface area (Å²) in [6.45, 7) is 6.25. The molecule has 2 nitrogen and oxygen atoms in total. The zero-order chi connectivity index (χ0) is 11.5. The summed E-state index contributed by atoms with van der Waals surface area (Å²) in [5, 5.41) is 2.00. The van der Waals surface area contributed by atoms with Crippen LogP contribution >= 0.6 is 11.3 Å². The number of rotatable bonds is 2. The van der Waals surface area contributed by atoms with Crippen LogP contribution in [0.25, 0.3) is 0 Å². The molecule has 88 valence electrons. The predicted molar refractivity (Wildman–Crippen MR) is 68.0 cm³/mol. The first kappa shape index (κ1) is 11.6. The maximum Gasteiger partial charge on any atom is 0.254 e. The summed E-state index contributed by atoms with van der Waals surface area (Å²) in [5.74, 6) is 1.00. The lowest BCUT2D eigenvalue weighted by Crippen LogP contribution is -2.37. The van der Waals surface area contributed by atoms with E-state index in [-0.39, 0.29) is 5.91 Å². The average molecular weight is 237 g/mol. The lowest BCUT2D eigenvalue weighted by molar-refractivity contribution is 0.0698. The van der Waals surface area contributed by atoms with Crippen LogP contribution in [0, 0.1) is 5.92 Å². The van der Waals surface area contributed by atoms with Gasteiger partial charge in [-0.3, -0.25) is 4.79 Å². The summed E-state index contributed by atoms with van der Waals surface area (Å²) < 4.78 is 0. The number of amides is 1. The maximum absolute atomic E-state index is 12.2. The van der Waals surface area contributed by atoms with Gasteiger partial charge in [0.2, 0.25) is 0 Å². The van der Waals surface area contributed by atoms with E-state index in [0.717, 1.165) is 43.8 Å². The molecule has 1 amide bonds. The van der Waals surface area contributed by atoms with Gasteiger partial charge < -0.3 is 4.90 Å². The highest BCUT2D eigenvalue weighted by atomic mass is 32.1. The number of aryl methyl sites for hydroxylation is 1. The summed E-state index contributed by atoms with van der Waals surface area (Å²) in [6, 6.07) is 2.05. The molecule has 0 spiro atoms. The molecule has 0 radical (unpaired) electrons. The number of likely N-dealkylation sites (tertiary alicyclic amines) is 1. The minimum absolute atomic E-state index is 0.225. The Labute approximate surface area is 101 Å². The van der Waals surface area contributed by atoms with E-state index in [4.69, 9.17) is 0 Å².